The van der Waals surface area contributed by atoms with E-state index in [9.17, 15) is 4.79 Å². The summed E-state index contributed by atoms with van der Waals surface area (Å²) in [6, 6.07) is 26.9. The zero-order chi connectivity index (χ0) is 19.4. The maximum absolute atomic E-state index is 13.2. The third-order valence-electron chi connectivity index (χ3n) is 5.58. The topological polar surface area (TPSA) is 38.8 Å². The number of carbonyl (C=O) groups excluding carboxylic acids is 1. The SMILES string of the molecule is CC1=C(c2ccc(Cl)cc2)OC(=O)C12OC2(c1ccccc1)c1ccccc1. The summed E-state index contributed by atoms with van der Waals surface area (Å²) in [5, 5.41) is 0.631. The molecule has 3 aromatic rings. The summed E-state index contributed by atoms with van der Waals surface area (Å²) in [5.74, 6) is 0.151. The third-order valence-corrected chi connectivity index (χ3v) is 5.83. The van der Waals surface area contributed by atoms with Gasteiger partial charge in [-0.15, -0.1) is 0 Å². The van der Waals surface area contributed by atoms with Crippen LogP contribution in [0.4, 0.5) is 0 Å². The Labute approximate surface area is 168 Å². The van der Waals surface area contributed by atoms with Gasteiger partial charge in [0.25, 0.3) is 0 Å². The van der Waals surface area contributed by atoms with Crippen molar-refractivity contribution in [3.8, 4) is 0 Å². The summed E-state index contributed by atoms with van der Waals surface area (Å²) in [6.45, 7) is 1.91. The second-order valence-electron chi connectivity index (χ2n) is 7.05. The van der Waals surface area contributed by atoms with Crippen molar-refractivity contribution in [3.63, 3.8) is 0 Å². The molecule has 2 aliphatic heterocycles. The number of esters is 1. The highest BCUT2D eigenvalue weighted by Crippen LogP contribution is 2.67. The molecule has 0 saturated carbocycles. The number of rotatable bonds is 3. The molecule has 1 spiro atoms. The smallest absolute Gasteiger partial charge is 0.352 e. The molecule has 138 valence electrons. The molecule has 0 bridgehead atoms. The second kappa shape index (κ2) is 6.06. The zero-order valence-electron chi connectivity index (χ0n) is 15.2. The number of epoxide rings is 1. The molecule has 0 radical (unpaired) electrons. The molecule has 2 aliphatic rings. The maximum atomic E-state index is 13.2. The normalized spacial score (nSPS) is 22.4. The van der Waals surface area contributed by atoms with Crippen molar-refractivity contribution in [2.75, 3.05) is 0 Å². The first kappa shape index (κ1) is 17.2. The predicted molar refractivity (Wildman–Crippen MR) is 108 cm³/mol. The van der Waals surface area contributed by atoms with Crippen LogP contribution in [0.1, 0.15) is 23.6 Å². The third kappa shape index (κ3) is 2.17. The van der Waals surface area contributed by atoms with Crippen LogP contribution in [0, 0.1) is 0 Å². The largest absolute Gasteiger partial charge is 0.423 e. The van der Waals surface area contributed by atoms with Gasteiger partial charge in [0, 0.05) is 16.2 Å². The number of ether oxygens (including phenoxy) is 2. The van der Waals surface area contributed by atoms with E-state index >= 15 is 0 Å². The lowest BCUT2D eigenvalue weighted by Gasteiger charge is -2.17. The van der Waals surface area contributed by atoms with E-state index in [4.69, 9.17) is 21.1 Å². The van der Waals surface area contributed by atoms with Gasteiger partial charge in [0.1, 0.15) is 5.76 Å². The highest BCUT2D eigenvalue weighted by molar-refractivity contribution is 6.30. The molecule has 1 saturated heterocycles. The fourth-order valence-corrected chi connectivity index (χ4v) is 4.32. The fourth-order valence-electron chi connectivity index (χ4n) is 4.20. The van der Waals surface area contributed by atoms with Crippen LogP contribution < -0.4 is 0 Å². The zero-order valence-corrected chi connectivity index (χ0v) is 15.9. The van der Waals surface area contributed by atoms with Crippen molar-refractivity contribution in [2.24, 2.45) is 0 Å². The first-order chi connectivity index (χ1) is 13.6. The first-order valence-electron chi connectivity index (χ1n) is 9.10. The summed E-state index contributed by atoms with van der Waals surface area (Å²) < 4.78 is 12.1. The lowest BCUT2D eigenvalue weighted by molar-refractivity contribution is -0.139. The first-order valence-corrected chi connectivity index (χ1v) is 9.48. The van der Waals surface area contributed by atoms with Gasteiger partial charge >= 0.3 is 5.97 Å². The number of benzene rings is 3. The Kier molecular flexibility index (Phi) is 3.73. The molecular formula is C24H17ClO3. The molecular weight excluding hydrogens is 372 g/mol. The van der Waals surface area contributed by atoms with Crippen LogP contribution in [-0.4, -0.2) is 11.6 Å². The van der Waals surface area contributed by atoms with E-state index in [2.05, 4.69) is 0 Å². The minimum atomic E-state index is -1.16. The molecule has 1 unspecified atom stereocenters. The van der Waals surface area contributed by atoms with E-state index in [1.54, 1.807) is 12.1 Å². The summed E-state index contributed by atoms with van der Waals surface area (Å²) >= 11 is 6.01. The summed E-state index contributed by atoms with van der Waals surface area (Å²) in [6.07, 6.45) is 0. The average molecular weight is 389 g/mol. The molecule has 0 aliphatic carbocycles. The molecule has 2 heterocycles. The fraction of sp³-hybridized carbons (Fsp3) is 0.125. The Morgan fingerprint density at radius 2 is 1.29 bits per heavy atom. The Balaban J connectivity index is 1.71. The summed E-state index contributed by atoms with van der Waals surface area (Å²) in [4.78, 5) is 13.2. The Bertz CT molecular complexity index is 1050. The monoisotopic (exact) mass is 388 g/mol. The molecule has 0 aromatic heterocycles. The van der Waals surface area contributed by atoms with Gasteiger partial charge in [0.2, 0.25) is 5.60 Å². The predicted octanol–water partition coefficient (Wildman–Crippen LogP) is 5.34. The molecule has 1 fully saturated rings. The van der Waals surface area contributed by atoms with Crippen LogP contribution >= 0.6 is 11.6 Å². The van der Waals surface area contributed by atoms with Gasteiger partial charge < -0.3 is 9.47 Å². The number of halogens is 1. The van der Waals surface area contributed by atoms with Crippen LogP contribution in [0.3, 0.4) is 0 Å². The van der Waals surface area contributed by atoms with E-state index < -0.39 is 11.2 Å². The van der Waals surface area contributed by atoms with Crippen molar-refractivity contribution in [1.82, 2.24) is 0 Å². The van der Waals surface area contributed by atoms with Gasteiger partial charge in [-0.2, -0.15) is 0 Å². The Morgan fingerprint density at radius 1 is 0.750 bits per heavy atom. The molecule has 1 atom stereocenters. The van der Waals surface area contributed by atoms with Crippen molar-refractivity contribution in [2.45, 2.75) is 18.1 Å². The highest BCUT2D eigenvalue weighted by atomic mass is 35.5. The minimum Gasteiger partial charge on any atom is -0.423 e. The van der Waals surface area contributed by atoms with Crippen molar-refractivity contribution < 1.29 is 14.3 Å². The number of hydrogen-bond donors (Lipinski definition) is 0. The van der Waals surface area contributed by atoms with Crippen molar-refractivity contribution in [1.29, 1.82) is 0 Å². The van der Waals surface area contributed by atoms with E-state index in [-0.39, 0.29) is 5.97 Å². The van der Waals surface area contributed by atoms with Crippen LogP contribution in [0.5, 0.6) is 0 Å². The van der Waals surface area contributed by atoms with Gasteiger partial charge in [-0.3, -0.25) is 0 Å². The van der Waals surface area contributed by atoms with Gasteiger partial charge in [0.05, 0.1) is 0 Å². The molecule has 0 amide bonds. The highest BCUT2D eigenvalue weighted by Gasteiger charge is 2.81. The molecule has 28 heavy (non-hydrogen) atoms. The van der Waals surface area contributed by atoms with Crippen molar-refractivity contribution in [3.05, 3.63) is 112 Å². The van der Waals surface area contributed by atoms with Gasteiger partial charge in [0.15, 0.2) is 5.60 Å². The van der Waals surface area contributed by atoms with Gasteiger partial charge in [-0.25, -0.2) is 4.79 Å². The van der Waals surface area contributed by atoms with E-state index in [0.29, 0.717) is 10.8 Å². The molecule has 0 N–H and O–H groups in total. The lowest BCUT2D eigenvalue weighted by atomic mass is 9.77. The van der Waals surface area contributed by atoms with E-state index in [0.717, 1.165) is 22.3 Å². The molecule has 4 heteroatoms. The van der Waals surface area contributed by atoms with Crippen LogP contribution in [-0.2, 0) is 19.9 Å². The second-order valence-corrected chi connectivity index (χ2v) is 7.48. The van der Waals surface area contributed by atoms with Crippen LogP contribution in [0.25, 0.3) is 5.76 Å². The molecule has 3 aromatic carbocycles. The van der Waals surface area contributed by atoms with Gasteiger partial charge in [-0.1, -0.05) is 72.3 Å². The van der Waals surface area contributed by atoms with Crippen molar-refractivity contribution >= 4 is 23.3 Å². The summed E-state index contributed by atoms with van der Waals surface area (Å²) in [7, 11) is 0. The maximum Gasteiger partial charge on any atom is 0.352 e. The molecule has 3 nitrogen and oxygen atoms in total. The van der Waals surface area contributed by atoms with E-state index in [1.165, 1.54) is 0 Å². The number of hydrogen-bond acceptors (Lipinski definition) is 3. The van der Waals surface area contributed by atoms with Gasteiger partial charge in [-0.05, 0) is 42.3 Å². The van der Waals surface area contributed by atoms with Crippen LogP contribution in [0.2, 0.25) is 5.02 Å². The number of cyclic esters (lactones) is 1. The van der Waals surface area contributed by atoms with E-state index in [1.807, 2.05) is 79.7 Å². The number of carbonyl (C=O) groups is 1. The van der Waals surface area contributed by atoms with Crippen LogP contribution in [0.15, 0.2) is 90.5 Å². The summed E-state index contributed by atoms with van der Waals surface area (Å²) in [5.41, 5.74) is 1.37. The Morgan fingerprint density at radius 3 is 1.82 bits per heavy atom. The average Bonchev–Trinajstić information content (AvgIpc) is 3.40. The quantitative estimate of drug-likeness (QED) is 0.449. The standard InChI is InChI=1S/C24H17ClO3/c1-16-21(17-12-14-20(25)15-13-17)27-22(26)23(16)24(28-23,18-8-4-2-5-9-18)19-10-6-3-7-11-19/h2-15H,1H3. The minimum absolute atomic E-state index is 0.386. The Hall–Kier alpha value is -2.88. The lowest BCUT2D eigenvalue weighted by Crippen LogP contribution is -2.32. The molecule has 5 rings (SSSR count).